The van der Waals surface area contributed by atoms with Gasteiger partial charge in [-0.2, -0.15) is 5.26 Å². The fraction of sp³-hybridized carbons (Fsp3) is 0.250. The normalized spacial score (nSPS) is 10.5. The SMILES string of the molecule is N#CCCN(Cc1cccc(C(=O)O)c1)Cc1ccco1. The van der Waals surface area contributed by atoms with Crippen LogP contribution in [0.5, 0.6) is 0 Å². The summed E-state index contributed by atoms with van der Waals surface area (Å²) in [6.07, 6.45) is 2.03. The van der Waals surface area contributed by atoms with Gasteiger partial charge in [0.25, 0.3) is 0 Å². The summed E-state index contributed by atoms with van der Waals surface area (Å²) < 4.78 is 5.32. The summed E-state index contributed by atoms with van der Waals surface area (Å²) in [6.45, 7) is 1.77. The molecule has 0 radical (unpaired) electrons. The second-order valence-corrected chi connectivity index (χ2v) is 4.70. The number of carboxylic acids is 1. The van der Waals surface area contributed by atoms with Gasteiger partial charge >= 0.3 is 5.97 Å². The standard InChI is InChI=1S/C16H16N2O3/c17-7-3-8-18(12-15-6-2-9-21-15)11-13-4-1-5-14(10-13)16(19)20/h1-2,4-6,9-10H,3,8,11-12H2,(H,19,20). The van der Waals surface area contributed by atoms with Crippen molar-refractivity contribution in [3.05, 3.63) is 59.5 Å². The molecule has 0 saturated carbocycles. The molecule has 0 saturated heterocycles. The number of hydrogen-bond acceptors (Lipinski definition) is 4. The molecule has 1 aromatic heterocycles. The molecule has 1 heterocycles. The minimum absolute atomic E-state index is 0.269. The smallest absolute Gasteiger partial charge is 0.335 e. The number of carbonyl (C=O) groups is 1. The Balaban J connectivity index is 2.08. The van der Waals surface area contributed by atoms with Gasteiger partial charge in [-0.15, -0.1) is 0 Å². The van der Waals surface area contributed by atoms with Crippen molar-refractivity contribution >= 4 is 5.97 Å². The summed E-state index contributed by atoms with van der Waals surface area (Å²) >= 11 is 0. The molecule has 0 aliphatic rings. The fourth-order valence-electron chi connectivity index (χ4n) is 2.11. The molecule has 2 aromatic rings. The second kappa shape index (κ2) is 7.27. The predicted octanol–water partition coefficient (Wildman–Crippen LogP) is 2.89. The molecule has 0 fully saturated rings. The molecule has 5 nitrogen and oxygen atoms in total. The zero-order valence-electron chi connectivity index (χ0n) is 11.5. The van der Waals surface area contributed by atoms with Crippen molar-refractivity contribution in [2.45, 2.75) is 19.5 Å². The quantitative estimate of drug-likeness (QED) is 0.845. The molecule has 0 amide bonds. The summed E-state index contributed by atoms with van der Waals surface area (Å²) in [5.41, 5.74) is 1.17. The fourth-order valence-corrected chi connectivity index (χ4v) is 2.11. The van der Waals surface area contributed by atoms with Gasteiger partial charge in [0.2, 0.25) is 0 Å². The Hall–Kier alpha value is -2.58. The van der Waals surface area contributed by atoms with Crippen LogP contribution in [-0.2, 0) is 13.1 Å². The Morgan fingerprint density at radius 3 is 2.81 bits per heavy atom. The van der Waals surface area contributed by atoms with Gasteiger partial charge in [-0.05, 0) is 29.8 Å². The lowest BCUT2D eigenvalue weighted by molar-refractivity contribution is 0.0696. The van der Waals surface area contributed by atoms with Gasteiger partial charge in [-0.3, -0.25) is 4.90 Å². The third-order valence-electron chi connectivity index (χ3n) is 3.08. The molecule has 21 heavy (non-hydrogen) atoms. The molecule has 0 aliphatic heterocycles. The number of hydrogen-bond donors (Lipinski definition) is 1. The van der Waals surface area contributed by atoms with Gasteiger partial charge in [0.15, 0.2) is 0 Å². The van der Waals surface area contributed by atoms with E-state index in [4.69, 9.17) is 14.8 Å². The van der Waals surface area contributed by atoms with Crippen LogP contribution in [0.15, 0.2) is 47.1 Å². The molecular weight excluding hydrogens is 268 g/mol. The lowest BCUT2D eigenvalue weighted by atomic mass is 10.1. The summed E-state index contributed by atoms with van der Waals surface area (Å²) in [5.74, 6) is -0.117. The molecule has 1 N–H and O–H groups in total. The molecular formula is C16H16N2O3. The van der Waals surface area contributed by atoms with Crippen LogP contribution in [0, 0.1) is 11.3 Å². The maximum atomic E-state index is 11.0. The number of nitrogens with zero attached hydrogens (tertiary/aromatic N) is 2. The first kappa shape index (κ1) is 14.8. The minimum atomic E-state index is -0.938. The van der Waals surface area contributed by atoms with E-state index in [9.17, 15) is 4.79 Å². The molecule has 0 spiro atoms. The number of benzene rings is 1. The maximum Gasteiger partial charge on any atom is 0.335 e. The highest BCUT2D eigenvalue weighted by molar-refractivity contribution is 5.87. The molecule has 5 heteroatoms. The second-order valence-electron chi connectivity index (χ2n) is 4.70. The lowest BCUT2D eigenvalue weighted by Crippen LogP contribution is -2.23. The van der Waals surface area contributed by atoms with E-state index in [0.29, 0.717) is 26.1 Å². The first-order valence-electron chi connectivity index (χ1n) is 6.63. The van der Waals surface area contributed by atoms with E-state index in [-0.39, 0.29) is 5.56 Å². The number of rotatable bonds is 7. The van der Waals surface area contributed by atoms with Crippen molar-refractivity contribution in [1.82, 2.24) is 4.90 Å². The summed E-state index contributed by atoms with van der Waals surface area (Å²) in [7, 11) is 0. The molecule has 1 aromatic carbocycles. The average molecular weight is 284 g/mol. The Morgan fingerprint density at radius 1 is 1.29 bits per heavy atom. The third kappa shape index (κ3) is 4.48. The number of furan rings is 1. The molecule has 0 unspecified atom stereocenters. The Labute approximate surface area is 123 Å². The van der Waals surface area contributed by atoms with E-state index in [1.165, 1.54) is 0 Å². The van der Waals surface area contributed by atoms with E-state index < -0.39 is 5.97 Å². The zero-order chi connectivity index (χ0) is 15.1. The predicted molar refractivity (Wildman–Crippen MR) is 76.5 cm³/mol. The molecule has 108 valence electrons. The van der Waals surface area contributed by atoms with Crippen LogP contribution in [0.1, 0.15) is 28.1 Å². The highest BCUT2D eigenvalue weighted by Gasteiger charge is 2.10. The highest BCUT2D eigenvalue weighted by Crippen LogP contribution is 2.12. The number of carboxylic acid groups (broad SMARTS) is 1. The highest BCUT2D eigenvalue weighted by atomic mass is 16.4. The summed E-state index contributed by atoms with van der Waals surface area (Å²) in [6, 6.07) is 12.7. The van der Waals surface area contributed by atoms with E-state index in [1.807, 2.05) is 18.2 Å². The number of nitriles is 1. The van der Waals surface area contributed by atoms with E-state index in [2.05, 4.69) is 11.0 Å². The van der Waals surface area contributed by atoms with Crippen LogP contribution in [0.3, 0.4) is 0 Å². The van der Waals surface area contributed by atoms with E-state index in [0.717, 1.165) is 11.3 Å². The first-order valence-corrected chi connectivity index (χ1v) is 6.63. The average Bonchev–Trinajstić information content (AvgIpc) is 2.98. The first-order chi connectivity index (χ1) is 10.2. The van der Waals surface area contributed by atoms with Crippen molar-refractivity contribution in [3.63, 3.8) is 0 Å². The molecule has 0 bridgehead atoms. The molecule has 0 aliphatic carbocycles. The summed E-state index contributed by atoms with van der Waals surface area (Å²) in [4.78, 5) is 13.1. The van der Waals surface area contributed by atoms with Crippen LogP contribution in [0.4, 0.5) is 0 Å². The van der Waals surface area contributed by atoms with Crippen LogP contribution in [0.25, 0.3) is 0 Å². The monoisotopic (exact) mass is 284 g/mol. The van der Waals surface area contributed by atoms with Crippen molar-refractivity contribution in [2.75, 3.05) is 6.54 Å². The maximum absolute atomic E-state index is 11.0. The van der Waals surface area contributed by atoms with E-state index >= 15 is 0 Å². The van der Waals surface area contributed by atoms with Crippen molar-refractivity contribution < 1.29 is 14.3 Å². The van der Waals surface area contributed by atoms with Gasteiger partial charge in [-0.1, -0.05) is 12.1 Å². The van der Waals surface area contributed by atoms with Gasteiger partial charge < -0.3 is 9.52 Å². The van der Waals surface area contributed by atoms with Crippen molar-refractivity contribution in [2.24, 2.45) is 0 Å². The van der Waals surface area contributed by atoms with Gasteiger partial charge in [0.05, 0.1) is 24.4 Å². The third-order valence-corrected chi connectivity index (χ3v) is 3.08. The minimum Gasteiger partial charge on any atom is -0.478 e. The van der Waals surface area contributed by atoms with Crippen LogP contribution < -0.4 is 0 Å². The van der Waals surface area contributed by atoms with Crippen LogP contribution >= 0.6 is 0 Å². The Morgan fingerprint density at radius 2 is 2.14 bits per heavy atom. The van der Waals surface area contributed by atoms with E-state index in [1.54, 1.807) is 24.5 Å². The van der Waals surface area contributed by atoms with Crippen molar-refractivity contribution in [1.29, 1.82) is 5.26 Å². The molecule has 0 atom stereocenters. The van der Waals surface area contributed by atoms with Crippen LogP contribution in [-0.4, -0.2) is 22.5 Å². The van der Waals surface area contributed by atoms with Gasteiger partial charge in [0.1, 0.15) is 5.76 Å². The Bertz CT molecular complexity index is 629. The largest absolute Gasteiger partial charge is 0.478 e. The van der Waals surface area contributed by atoms with Gasteiger partial charge in [-0.25, -0.2) is 4.79 Å². The van der Waals surface area contributed by atoms with Crippen LogP contribution in [0.2, 0.25) is 0 Å². The van der Waals surface area contributed by atoms with Crippen molar-refractivity contribution in [3.8, 4) is 6.07 Å². The molecule has 2 rings (SSSR count). The topological polar surface area (TPSA) is 77.5 Å². The van der Waals surface area contributed by atoms with Gasteiger partial charge in [0, 0.05) is 19.5 Å². The Kier molecular flexibility index (Phi) is 5.13. The lowest BCUT2D eigenvalue weighted by Gasteiger charge is -2.20. The summed E-state index contributed by atoms with van der Waals surface area (Å²) in [5, 5.41) is 17.8. The zero-order valence-corrected chi connectivity index (χ0v) is 11.5. The number of aromatic carboxylic acids is 1.